The van der Waals surface area contributed by atoms with Crippen molar-refractivity contribution in [1.29, 1.82) is 0 Å². The van der Waals surface area contributed by atoms with Crippen molar-refractivity contribution in [3.8, 4) is 0 Å². The van der Waals surface area contributed by atoms with Crippen LogP contribution in [0.2, 0.25) is 0 Å². The van der Waals surface area contributed by atoms with Gasteiger partial charge in [0.15, 0.2) is 5.78 Å². The molecule has 110 valence electrons. The summed E-state index contributed by atoms with van der Waals surface area (Å²) in [6, 6.07) is 4.44. The largest absolute Gasteiger partial charge is 0.370 e. The Balaban J connectivity index is 2.17. The van der Waals surface area contributed by atoms with E-state index >= 15 is 0 Å². The van der Waals surface area contributed by atoms with Crippen LogP contribution in [0.1, 0.15) is 38.2 Å². The molecule has 2 atom stereocenters. The Bertz CT molecular complexity index is 503. The maximum atomic E-state index is 13.1. The summed E-state index contributed by atoms with van der Waals surface area (Å²) in [5, 5.41) is 0. The van der Waals surface area contributed by atoms with Crippen molar-refractivity contribution >= 4 is 21.7 Å². The van der Waals surface area contributed by atoms with Crippen molar-refractivity contribution in [2.45, 2.75) is 44.6 Å². The molecule has 1 aromatic rings. The van der Waals surface area contributed by atoms with Gasteiger partial charge in [0.2, 0.25) is 0 Å². The molecule has 1 aliphatic rings. The molecule has 0 amide bonds. The van der Waals surface area contributed by atoms with Gasteiger partial charge in [0.1, 0.15) is 11.4 Å². The second-order valence-electron chi connectivity index (χ2n) is 5.74. The summed E-state index contributed by atoms with van der Waals surface area (Å²) in [6.45, 7) is 2.16. The molecule has 20 heavy (non-hydrogen) atoms. The molecule has 2 unspecified atom stereocenters. The number of carbonyl (C=O) groups is 1. The summed E-state index contributed by atoms with van der Waals surface area (Å²) in [5.74, 6) is 0.295. The Labute approximate surface area is 127 Å². The zero-order chi connectivity index (χ0) is 14.8. The van der Waals surface area contributed by atoms with E-state index in [2.05, 4.69) is 22.9 Å². The van der Waals surface area contributed by atoms with Gasteiger partial charge in [-0.1, -0.05) is 35.3 Å². The summed E-state index contributed by atoms with van der Waals surface area (Å²) in [4.78, 5) is 12.7. The Morgan fingerprint density at radius 1 is 1.55 bits per heavy atom. The minimum Gasteiger partial charge on any atom is -0.370 e. The zero-order valence-corrected chi connectivity index (χ0v) is 13.5. The highest BCUT2D eigenvalue weighted by atomic mass is 79.9. The van der Waals surface area contributed by atoms with Gasteiger partial charge >= 0.3 is 0 Å². The molecule has 0 aliphatic heterocycles. The fourth-order valence-corrected chi connectivity index (χ4v) is 3.55. The van der Waals surface area contributed by atoms with Crippen molar-refractivity contribution in [3.63, 3.8) is 0 Å². The highest BCUT2D eigenvalue weighted by molar-refractivity contribution is 9.10. The second kappa shape index (κ2) is 6.35. The van der Waals surface area contributed by atoms with Crippen LogP contribution < -0.4 is 0 Å². The van der Waals surface area contributed by atoms with Crippen LogP contribution in [-0.2, 0) is 16.0 Å². The Morgan fingerprint density at radius 3 is 2.90 bits per heavy atom. The number of benzene rings is 1. The van der Waals surface area contributed by atoms with Crippen LogP contribution >= 0.6 is 15.9 Å². The maximum absolute atomic E-state index is 13.1. The lowest BCUT2D eigenvalue weighted by Crippen LogP contribution is -2.45. The van der Waals surface area contributed by atoms with Crippen molar-refractivity contribution in [2.75, 3.05) is 7.11 Å². The molecular formula is C16H20BrFO2. The van der Waals surface area contributed by atoms with E-state index in [9.17, 15) is 9.18 Å². The van der Waals surface area contributed by atoms with E-state index in [0.717, 1.165) is 31.2 Å². The fraction of sp³-hybridized carbons (Fsp3) is 0.562. The molecule has 0 heterocycles. The Morgan fingerprint density at radius 2 is 2.30 bits per heavy atom. The molecule has 0 N–H and O–H groups in total. The highest BCUT2D eigenvalue weighted by Crippen LogP contribution is 2.36. The van der Waals surface area contributed by atoms with Gasteiger partial charge in [-0.05, 0) is 42.9 Å². The van der Waals surface area contributed by atoms with Gasteiger partial charge in [-0.15, -0.1) is 0 Å². The van der Waals surface area contributed by atoms with Gasteiger partial charge in [-0.2, -0.15) is 0 Å². The standard InChI is InChI=1S/C16H20BrFO2/c1-11-4-3-7-16(10-11,20-2)15(19)8-12-5-6-13(18)9-14(12)17/h5-6,9,11H,3-4,7-8,10H2,1-2H3. The zero-order valence-electron chi connectivity index (χ0n) is 11.9. The molecule has 1 fully saturated rings. The lowest BCUT2D eigenvalue weighted by atomic mass is 9.75. The highest BCUT2D eigenvalue weighted by Gasteiger charge is 2.41. The summed E-state index contributed by atoms with van der Waals surface area (Å²) in [5.41, 5.74) is 0.150. The molecule has 0 saturated heterocycles. The average Bonchev–Trinajstić information content (AvgIpc) is 2.41. The van der Waals surface area contributed by atoms with Gasteiger partial charge < -0.3 is 4.74 Å². The Kier molecular flexibility index (Phi) is 4.97. The third-order valence-corrected chi connectivity index (χ3v) is 4.96. The number of methoxy groups -OCH3 is 1. The number of hydrogen-bond donors (Lipinski definition) is 0. The summed E-state index contributed by atoms with van der Waals surface area (Å²) < 4.78 is 19.3. The molecular weight excluding hydrogens is 323 g/mol. The smallest absolute Gasteiger partial charge is 0.169 e. The normalized spacial score (nSPS) is 26.5. The third-order valence-electron chi connectivity index (χ3n) is 4.22. The van der Waals surface area contributed by atoms with Crippen LogP contribution in [0.25, 0.3) is 0 Å². The van der Waals surface area contributed by atoms with Crippen LogP contribution in [0, 0.1) is 11.7 Å². The molecule has 4 heteroatoms. The summed E-state index contributed by atoms with van der Waals surface area (Å²) in [6.07, 6.45) is 4.01. The molecule has 1 aromatic carbocycles. The predicted molar refractivity (Wildman–Crippen MR) is 80.2 cm³/mol. The molecule has 1 aliphatic carbocycles. The molecule has 0 aromatic heterocycles. The predicted octanol–water partition coefficient (Wildman–Crippen LogP) is 4.30. The molecule has 2 rings (SSSR count). The van der Waals surface area contributed by atoms with E-state index in [4.69, 9.17) is 4.74 Å². The van der Waals surface area contributed by atoms with Gasteiger partial charge in [-0.25, -0.2) is 4.39 Å². The second-order valence-corrected chi connectivity index (χ2v) is 6.59. The van der Waals surface area contributed by atoms with E-state index in [1.807, 2.05) is 0 Å². The fourth-order valence-electron chi connectivity index (χ4n) is 3.05. The first-order valence-electron chi connectivity index (χ1n) is 6.99. The van der Waals surface area contributed by atoms with Crippen LogP contribution in [0.4, 0.5) is 4.39 Å². The summed E-state index contributed by atoms with van der Waals surface area (Å²) in [7, 11) is 1.62. The van der Waals surface area contributed by atoms with E-state index in [1.165, 1.54) is 12.1 Å². The van der Waals surface area contributed by atoms with Crippen molar-refractivity contribution in [2.24, 2.45) is 5.92 Å². The van der Waals surface area contributed by atoms with Crippen LogP contribution in [0.3, 0.4) is 0 Å². The van der Waals surface area contributed by atoms with Crippen LogP contribution in [0.5, 0.6) is 0 Å². The number of rotatable bonds is 4. The first-order chi connectivity index (χ1) is 9.47. The average molecular weight is 343 g/mol. The SMILES string of the molecule is COC1(C(=O)Cc2ccc(F)cc2Br)CCCC(C)C1. The molecule has 0 spiro atoms. The number of carbonyl (C=O) groups excluding carboxylic acids is 1. The van der Waals surface area contributed by atoms with Crippen molar-refractivity contribution in [3.05, 3.63) is 34.1 Å². The van der Waals surface area contributed by atoms with E-state index in [-0.39, 0.29) is 18.0 Å². The Hall–Kier alpha value is -0.740. The van der Waals surface area contributed by atoms with E-state index in [1.54, 1.807) is 13.2 Å². The van der Waals surface area contributed by atoms with Crippen molar-refractivity contribution < 1.29 is 13.9 Å². The monoisotopic (exact) mass is 342 g/mol. The number of ether oxygens (including phenoxy) is 1. The van der Waals surface area contributed by atoms with Gasteiger partial charge in [0, 0.05) is 18.0 Å². The third kappa shape index (κ3) is 3.29. The van der Waals surface area contributed by atoms with E-state index < -0.39 is 5.60 Å². The topological polar surface area (TPSA) is 26.3 Å². The van der Waals surface area contributed by atoms with Gasteiger partial charge in [0.25, 0.3) is 0 Å². The first-order valence-corrected chi connectivity index (χ1v) is 7.78. The minimum absolute atomic E-state index is 0.0962. The maximum Gasteiger partial charge on any atom is 0.169 e. The minimum atomic E-state index is -0.661. The van der Waals surface area contributed by atoms with Gasteiger partial charge in [0.05, 0.1) is 0 Å². The lowest BCUT2D eigenvalue weighted by molar-refractivity contribution is -0.146. The number of hydrogen-bond acceptors (Lipinski definition) is 2. The van der Waals surface area contributed by atoms with Crippen molar-refractivity contribution in [1.82, 2.24) is 0 Å². The number of halogens is 2. The van der Waals surface area contributed by atoms with Gasteiger partial charge in [-0.3, -0.25) is 4.79 Å². The number of ketones is 1. The number of Topliss-reactive ketones (excluding diaryl/α,β-unsaturated/α-hetero) is 1. The quantitative estimate of drug-likeness (QED) is 0.815. The molecule has 0 bridgehead atoms. The van der Waals surface area contributed by atoms with E-state index in [0.29, 0.717) is 10.4 Å². The van der Waals surface area contributed by atoms with Crippen LogP contribution in [0.15, 0.2) is 22.7 Å². The molecule has 2 nitrogen and oxygen atoms in total. The van der Waals surface area contributed by atoms with Crippen LogP contribution in [-0.4, -0.2) is 18.5 Å². The first kappa shape index (κ1) is 15.6. The molecule has 1 saturated carbocycles. The molecule has 0 radical (unpaired) electrons. The summed E-state index contributed by atoms with van der Waals surface area (Å²) >= 11 is 3.32. The lowest BCUT2D eigenvalue weighted by Gasteiger charge is -2.37.